The predicted octanol–water partition coefficient (Wildman–Crippen LogP) is 1.59. The monoisotopic (exact) mass is 234 g/mol. The second-order valence-corrected chi connectivity index (χ2v) is 4.08. The fourth-order valence-corrected chi connectivity index (χ4v) is 1.73. The van der Waals surface area contributed by atoms with Crippen LogP contribution in [0.4, 0.5) is 0 Å². The maximum absolute atomic E-state index is 5.19. The van der Waals surface area contributed by atoms with Crippen molar-refractivity contribution in [3.63, 3.8) is 0 Å². The minimum atomic E-state index is 0.639. The zero-order valence-electron chi connectivity index (χ0n) is 10.3. The van der Waals surface area contributed by atoms with E-state index in [0.717, 1.165) is 25.2 Å². The van der Waals surface area contributed by atoms with Crippen molar-refractivity contribution in [1.82, 2.24) is 20.0 Å². The average Bonchev–Trinajstić information content (AvgIpc) is 2.91. The largest absolute Gasteiger partial charge is 0.345 e. The second kappa shape index (κ2) is 5.63. The molecule has 0 unspecified atom stereocenters. The second-order valence-electron chi connectivity index (χ2n) is 4.08. The van der Waals surface area contributed by atoms with E-state index in [1.54, 1.807) is 0 Å². The van der Waals surface area contributed by atoms with Gasteiger partial charge >= 0.3 is 0 Å². The quantitative estimate of drug-likeness (QED) is 0.824. The third-order valence-electron chi connectivity index (χ3n) is 2.49. The molecule has 2 rings (SSSR count). The number of aryl methyl sites for hydroxylation is 1. The summed E-state index contributed by atoms with van der Waals surface area (Å²) in [6.07, 6.45) is 6.02. The van der Waals surface area contributed by atoms with Gasteiger partial charge in [-0.1, -0.05) is 12.1 Å². The molecule has 0 atom stereocenters. The van der Waals surface area contributed by atoms with Gasteiger partial charge in [-0.2, -0.15) is 4.98 Å². The lowest BCUT2D eigenvalue weighted by Crippen LogP contribution is -2.04. The molecule has 92 valence electrons. The summed E-state index contributed by atoms with van der Waals surface area (Å²) in [7, 11) is 1.94. The van der Waals surface area contributed by atoms with E-state index >= 15 is 0 Å². The van der Waals surface area contributed by atoms with E-state index < -0.39 is 0 Å². The van der Waals surface area contributed by atoms with Crippen LogP contribution in [0.3, 0.4) is 0 Å². The Bertz CT molecular complexity index is 418. The first-order valence-corrected chi connectivity index (χ1v) is 5.92. The van der Waals surface area contributed by atoms with Crippen molar-refractivity contribution < 1.29 is 4.52 Å². The van der Waals surface area contributed by atoms with Gasteiger partial charge in [0.05, 0.1) is 0 Å². The number of rotatable bonds is 6. The molecule has 0 spiro atoms. The van der Waals surface area contributed by atoms with Crippen molar-refractivity contribution in [2.45, 2.75) is 32.9 Å². The van der Waals surface area contributed by atoms with Crippen LogP contribution < -0.4 is 5.32 Å². The minimum Gasteiger partial charge on any atom is -0.345 e. The molecule has 5 nitrogen and oxygen atoms in total. The molecule has 0 aromatic carbocycles. The first-order valence-electron chi connectivity index (χ1n) is 5.92. The van der Waals surface area contributed by atoms with Gasteiger partial charge in [0.25, 0.3) is 0 Å². The van der Waals surface area contributed by atoms with Crippen LogP contribution in [0, 0.1) is 0 Å². The standard InChI is InChI=1S/C12H18N4O/c1-3-4-11-14-12(17-15-11)9-16-6-5-10(8-16)7-13-2/h5-6,8,13H,3-4,7,9H2,1-2H3. The van der Waals surface area contributed by atoms with Gasteiger partial charge in [-0.25, -0.2) is 0 Å². The molecule has 17 heavy (non-hydrogen) atoms. The molecule has 0 radical (unpaired) electrons. The van der Waals surface area contributed by atoms with Crippen LogP contribution >= 0.6 is 0 Å². The molecule has 1 N–H and O–H groups in total. The molecule has 0 fully saturated rings. The molecule has 0 saturated heterocycles. The summed E-state index contributed by atoms with van der Waals surface area (Å²) in [5, 5.41) is 7.05. The Kier molecular flexibility index (Phi) is 3.93. The van der Waals surface area contributed by atoms with Gasteiger partial charge in [-0.15, -0.1) is 0 Å². The fraction of sp³-hybridized carbons (Fsp3) is 0.500. The predicted molar refractivity (Wildman–Crippen MR) is 64.6 cm³/mol. The topological polar surface area (TPSA) is 55.9 Å². The minimum absolute atomic E-state index is 0.639. The highest BCUT2D eigenvalue weighted by molar-refractivity contribution is 5.10. The van der Waals surface area contributed by atoms with Crippen LogP contribution in [0.15, 0.2) is 23.0 Å². The number of hydrogen-bond acceptors (Lipinski definition) is 4. The van der Waals surface area contributed by atoms with Gasteiger partial charge in [0.15, 0.2) is 5.82 Å². The normalized spacial score (nSPS) is 10.9. The van der Waals surface area contributed by atoms with E-state index in [1.807, 2.05) is 13.2 Å². The van der Waals surface area contributed by atoms with Gasteiger partial charge < -0.3 is 14.4 Å². The van der Waals surface area contributed by atoms with Crippen LogP contribution in [0.2, 0.25) is 0 Å². The van der Waals surface area contributed by atoms with Gasteiger partial charge in [-0.05, 0) is 25.1 Å². The Morgan fingerprint density at radius 1 is 1.47 bits per heavy atom. The zero-order valence-corrected chi connectivity index (χ0v) is 10.3. The van der Waals surface area contributed by atoms with Crippen LogP contribution in [0.25, 0.3) is 0 Å². The maximum Gasteiger partial charge on any atom is 0.246 e. The third-order valence-corrected chi connectivity index (χ3v) is 2.49. The maximum atomic E-state index is 5.19. The van der Waals surface area contributed by atoms with Crippen molar-refractivity contribution in [1.29, 1.82) is 0 Å². The van der Waals surface area contributed by atoms with Crippen molar-refractivity contribution in [3.8, 4) is 0 Å². The van der Waals surface area contributed by atoms with E-state index in [0.29, 0.717) is 12.4 Å². The third kappa shape index (κ3) is 3.17. The van der Waals surface area contributed by atoms with Crippen LogP contribution in [0.1, 0.15) is 30.6 Å². The number of nitrogens with one attached hydrogen (secondary N) is 1. The van der Waals surface area contributed by atoms with Crippen molar-refractivity contribution in [2.75, 3.05) is 7.05 Å². The molecule has 0 aliphatic carbocycles. The number of hydrogen-bond donors (Lipinski definition) is 1. The van der Waals surface area contributed by atoms with E-state index in [-0.39, 0.29) is 0 Å². The first kappa shape index (κ1) is 11.9. The van der Waals surface area contributed by atoms with Crippen LogP contribution in [-0.2, 0) is 19.5 Å². The summed E-state index contributed by atoms with van der Waals surface area (Å²) in [6.45, 7) is 3.62. The van der Waals surface area contributed by atoms with Crippen molar-refractivity contribution in [3.05, 3.63) is 35.7 Å². The molecule has 0 amide bonds. The van der Waals surface area contributed by atoms with Crippen molar-refractivity contribution in [2.24, 2.45) is 0 Å². The highest BCUT2D eigenvalue weighted by atomic mass is 16.5. The average molecular weight is 234 g/mol. The molecular formula is C12H18N4O. The Balaban J connectivity index is 1.98. The van der Waals surface area contributed by atoms with Gasteiger partial charge in [-0.3, -0.25) is 0 Å². The lowest BCUT2D eigenvalue weighted by atomic mass is 10.3. The molecule has 0 aliphatic heterocycles. The summed E-state index contributed by atoms with van der Waals surface area (Å²) in [5.41, 5.74) is 1.25. The Morgan fingerprint density at radius 3 is 3.12 bits per heavy atom. The highest BCUT2D eigenvalue weighted by Gasteiger charge is 2.06. The Hall–Kier alpha value is -1.62. The first-order chi connectivity index (χ1) is 8.31. The fourth-order valence-electron chi connectivity index (χ4n) is 1.73. The molecule has 0 bridgehead atoms. The molecular weight excluding hydrogens is 216 g/mol. The molecule has 5 heteroatoms. The number of nitrogens with zero attached hydrogens (tertiary/aromatic N) is 3. The van der Waals surface area contributed by atoms with Gasteiger partial charge in [0, 0.05) is 25.4 Å². The lowest BCUT2D eigenvalue weighted by molar-refractivity contribution is 0.366. The van der Waals surface area contributed by atoms with Crippen LogP contribution in [0.5, 0.6) is 0 Å². The Morgan fingerprint density at radius 2 is 2.35 bits per heavy atom. The molecule has 2 aromatic rings. The highest BCUT2D eigenvalue weighted by Crippen LogP contribution is 2.06. The summed E-state index contributed by atoms with van der Waals surface area (Å²) in [6, 6.07) is 2.08. The zero-order chi connectivity index (χ0) is 12.1. The van der Waals surface area contributed by atoms with E-state index in [2.05, 4.69) is 39.2 Å². The molecule has 2 aromatic heterocycles. The smallest absolute Gasteiger partial charge is 0.246 e. The SMILES string of the molecule is CCCc1noc(Cn2ccc(CNC)c2)n1. The van der Waals surface area contributed by atoms with E-state index in [9.17, 15) is 0 Å². The van der Waals surface area contributed by atoms with E-state index in [4.69, 9.17) is 4.52 Å². The van der Waals surface area contributed by atoms with E-state index in [1.165, 1.54) is 5.56 Å². The Labute approximate surface area is 101 Å². The van der Waals surface area contributed by atoms with Gasteiger partial charge in [0.1, 0.15) is 6.54 Å². The lowest BCUT2D eigenvalue weighted by Gasteiger charge is -1.96. The molecule has 0 aliphatic rings. The molecule has 2 heterocycles. The van der Waals surface area contributed by atoms with Crippen molar-refractivity contribution >= 4 is 0 Å². The summed E-state index contributed by atoms with van der Waals surface area (Å²) >= 11 is 0. The van der Waals surface area contributed by atoms with Gasteiger partial charge in [0.2, 0.25) is 5.89 Å². The molecule has 0 saturated carbocycles. The summed E-state index contributed by atoms with van der Waals surface area (Å²) < 4.78 is 7.24. The summed E-state index contributed by atoms with van der Waals surface area (Å²) in [5.74, 6) is 1.46. The summed E-state index contributed by atoms with van der Waals surface area (Å²) in [4.78, 5) is 4.34. The number of aromatic nitrogens is 3. The van der Waals surface area contributed by atoms with Crippen LogP contribution in [-0.4, -0.2) is 21.8 Å².